The molecule has 19 heavy (non-hydrogen) atoms. The van der Waals surface area contributed by atoms with Gasteiger partial charge in [-0.05, 0) is 6.92 Å². The second kappa shape index (κ2) is 5.61. The largest absolute Gasteiger partial charge is 0.344 e. The van der Waals surface area contributed by atoms with E-state index in [1.807, 2.05) is 6.92 Å². The van der Waals surface area contributed by atoms with Gasteiger partial charge >= 0.3 is 0 Å². The lowest BCUT2D eigenvalue weighted by atomic mass is 10.2. The summed E-state index contributed by atoms with van der Waals surface area (Å²) in [6, 6.07) is -0.169. The van der Waals surface area contributed by atoms with Crippen molar-refractivity contribution < 1.29 is 9.59 Å². The smallest absolute Gasteiger partial charge is 0.271 e. The summed E-state index contributed by atoms with van der Waals surface area (Å²) in [6.07, 6.45) is 3.36. The van der Waals surface area contributed by atoms with Crippen molar-refractivity contribution in [1.82, 2.24) is 20.5 Å². The summed E-state index contributed by atoms with van der Waals surface area (Å²) < 4.78 is 0. The Balaban J connectivity index is 2.00. The number of carbonyl (C=O) groups is 2. The van der Waals surface area contributed by atoms with Crippen molar-refractivity contribution in [2.24, 2.45) is 0 Å². The van der Waals surface area contributed by atoms with Crippen LogP contribution < -0.4 is 10.6 Å². The normalized spacial score (nSPS) is 11.9. The van der Waals surface area contributed by atoms with Gasteiger partial charge in [-0.3, -0.25) is 14.7 Å². The Bertz CT molecular complexity index is 578. The van der Waals surface area contributed by atoms with E-state index < -0.39 is 0 Å². The SMILES string of the molecule is CC(=O)Nc1nc(C(=O)NC(C)c2cn[nH]c2)cs1. The number of nitrogens with zero attached hydrogens (tertiary/aromatic N) is 2. The Morgan fingerprint density at radius 3 is 2.89 bits per heavy atom. The number of aromatic amines is 1. The number of amides is 2. The average Bonchev–Trinajstić information content (AvgIpc) is 2.97. The second-order valence-corrected chi connectivity index (χ2v) is 4.80. The maximum Gasteiger partial charge on any atom is 0.271 e. The Morgan fingerprint density at radius 1 is 1.47 bits per heavy atom. The maximum atomic E-state index is 11.9. The fraction of sp³-hybridized carbons (Fsp3) is 0.273. The molecule has 0 bridgehead atoms. The van der Waals surface area contributed by atoms with Crippen LogP contribution in [-0.4, -0.2) is 27.0 Å². The number of H-pyrrole nitrogens is 1. The van der Waals surface area contributed by atoms with Gasteiger partial charge in [0.25, 0.3) is 5.91 Å². The van der Waals surface area contributed by atoms with Gasteiger partial charge in [0, 0.05) is 24.1 Å². The van der Waals surface area contributed by atoms with E-state index in [1.54, 1.807) is 17.8 Å². The summed E-state index contributed by atoms with van der Waals surface area (Å²) >= 11 is 1.21. The van der Waals surface area contributed by atoms with Gasteiger partial charge in [-0.25, -0.2) is 4.98 Å². The first-order valence-corrected chi connectivity index (χ1v) is 6.47. The van der Waals surface area contributed by atoms with Crippen molar-refractivity contribution >= 4 is 28.3 Å². The van der Waals surface area contributed by atoms with Gasteiger partial charge in [0.15, 0.2) is 5.13 Å². The standard InChI is InChI=1S/C11H13N5O2S/c1-6(8-3-12-13-4-8)14-10(18)9-5-19-11(16-9)15-7(2)17/h3-6H,1-2H3,(H,12,13)(H,14,18)(H,15,16,17). The van der Waals surface area contributed by atoms with Crippen LogP contribution in [-0.2, 0) is 4.79 Å². The summed E-state index contributed by atoms with van der Waals surface area (Å²) in [7, 11) is 0. The summed E-state index contributed by atoms with van der Waals surface area (Å²) in [5, 5.41) is 13.9. The number of aromatic nitrogens is 3. The Morgan fingerprint density at radius 2 is 2.26 bits per heavy atom. The van der Waals surface area contributed by atoms with Crippen LogP contribution in [0.15, 0.2) is 17.8 Å². The van der Waals surface area contributed by atoms with Crippen molar-refractivity contribution in [3.05, 3.63) is 29.0 Å². The van der Waals surface area contributed by atoms with Crippen molar-refractivity contribution in [3.8, 4) is 0 Å². The molecule has 0 fully saturated rings. The monoisotopic (exact) mass is 279 g/mol. The quantitative estimate of drug-likeness (QED) is 0.785. The molecule has 100 valence electrons. The lowest BCUT2D eigenvalue weighted by Gasteiger charge is -2.10. The average molecular weight is 279 g/mol. The lowest BCUT2D eigenvalue weighted by molar-refractivity contribution is -0.114. The predicted molar refractivity (Wildman–Crippen MR) is 70.9 cm³/mol. The Hall–Kier alpha value is -2.22. The van der Waals surface area contributed by atoms with Gasteiger partial charge in [-0.15, -0.1) is 11.3 Å². The fourth-order valence-corrected chi connectivity index (χ4v) is 2.17. The Labute approximate surface area is 113 Å². The zero-order chi connectivity index (χ0) is 13.8. The molecule has 0 aliphatic heterocycles. The minimum atomic E-state index is -0.290. The van der Waals surface area contributed by atoms with Crippen LogP contribution in [0.25, 0.3) is 0 Å². The van der Waals surface area contributed by atoms with Crippen LogP contribution in [0.4, 0.5) is 5.13 Å². The molecule has 2 amide bonds. The van der Waals surface area contributed by atoms with E-state index in [4.69, 9.17) is 0 Å². The highest BCUT2D eigenvalue weighted by Gasteiger charge is 2.15. The molecule has 2 aromatic heterocycles. The summed E-state index contributed by atoms with van der Waals surface area (Å²) in [4.78, 5) is 26.8. The molecule has 1 unspecified atom stereocenters. The number of thiazole rings is 1. The molecule has 7 nitrogen and oxygen atoms in total. The van der Waals surface area contributed by atoms with Crippen LogP contribution in [0, 0.1) is 0 Å². The predicted octanol–water partition coefficient (Wildman–Crippen LogP) is 1.32. The number of hydrogen-bond donors (Lipinski definition) is 3. The number of carbonyl (C=O) groups excluding carboxylic acids is 2. The van der Waals surface area contributed by atoms with Gasteiger partial charge in [-0.2, -0.15) is 5.10 Å². The molecule has 0 aromatic carbocycles. The lowest BCUT2D eigenvalue weighted by Crippen LogP contribution is -2.26. The van der Waals surface area contributed by atoms with Gasteiger partial charge < -0.3 is 10.6 Å². The molecule has 2 aromatic rings. The van der Waals surface area contributed by atoms with Crippen molar-refractivity contribution in [2.75, 3.05) is 5.32 Å². The number of anilines is 1. The van der Waals surface area contributed by atoms with Crippen LogP contribution in [0.3, 0.4) is 0 Å². The van der Waals surface area contributed by atoms with Crippen LogP contribution in [0.1, 0.15) is 35.9 Å². The third-order valence-electron chi connectivity index (χ3n) is 2.39. The minimum Gasteiger partial charge on any atom is -0.344 e. The number of rotatable bonds is 4. The first-order chi connectivity index (χ1) is 9.06. The summed E-state index contributed by atoms with van der Waals surface area (Å²) in [5.74, 6) is -0.505. The zero-order valence-electron chi connectivity index (χ0n) is 10.4. The third kappa shape index (κ3) is 3.38. The van der Waals surface area contributed by atoms with Crippen molar-refractivity contribution in [3.63, 3.8) is 0 Å². The third-order valence-corrected chi connectivity index (χ3v) is 3.14. The van der Waals surface area contributed by atoms with E-state index >= 15 is 0 Å². The molecule has 0 radical (unpaired) electrons. The topological polar surface area (TPSA) is 99.8 Å². The first-order valence-electron chi connectivity index (χ1n) is 5.59. The Kier molecular flexibility index (Phi) is 3.91. The molecule has 2 rings (SSSR count). The molecule has 3 N–H and O–H groups in total. The molecular formula is C11H13N5O2S. The van der Waals surface area contributed by atoms with Crippen LogP contribution in [0.5, 0.6) is 0 Å². The summed E-state index contributed by atoms with van der Waals surface area (Å²) in [5.41, 5.74) is 1.16. The number of nitrogens with one attached hydrogen (secondary N) is 3. The van der Waals surface area contributed by atoms with E-state index in [-0.39, 0.29) is 23.6 Å². The van der Waals surface area contributed by atoms with E-state index in [9.17, 15) is 9.59 Å². The van der Waals surface area contributed by atoms with Crippen LogP contribution in [0.2, 0.25) is 0 Å². The molecule has 0 saturated carbocycles. The van der Waals surface area contributed by atoms with Gasteiger partial charge in [0.2, 0.25) is 5.91 Å². The van der Waals surface area contributed by atoms with E-state index in [2.05, 4.69) is 25.8 Å². The molecule has 0 saturated heterocycles. The van der Waals surface area contributed by atoms with Gasteiger partial charge in [0.05, 0.1) is 12.2 Å². The van der Waals surface area contributed by atoms with E-state index in [1.165, 1.54) is 18.3 Å². The molecule has 2 heterocycles. The second-order valence-electron chi connectivity index (χ2n) is 3.95. The molecule has 0 aliphatic rings. The molecular weight excluding hydrogens is 266 g/mol. The maximum absolute atomic E-state index is 11.9. The minimum absolute atomic E-state index is 0.169. The highest BCUT2D eigenvalue weighted by Crippen LogP contribution is 2.16. The van der Waals surface area contributed by atoms with Crippen molar-refractivity contribution in [2.45, 2.75) is 19.9 Å². The molecule has 0 spiro atoms. The fourth-order valence-electron chi connectivity index (χ4n) is 1.44. The number of hydrogen-bond acceptors (Lipinski definition) is 5. The van der Waals surface area contributed by atoms with Gasteiger partial charge in [-0.1, -0.05) is 0 Å². The van der Waals surface area contributed by atoms with E-state index in [0.717, 1.165) is 5.56 Å². The molecule has 8 heteroatoms. The molecule has 0 aliphatic carbocycles. The zero-order valence-corrected chi connectivity index (χ0v) is 11.2. The van der Waals surface area contributed by atoms with Crippen LogP contribution >= 0.6 is 11.3 Å². The molecule has 1 atom stereocenters. The van der Waals surface area contributed by atoms with Crippen molar-refractivity contribution in [1.29, 1.82) is 0 Å². The first kappa shape index (κ1) is 13.2. The van der Waals surface area contributed by atoms with E-state index in [0.29, 0.717) is 5.13 Å². The van der Waals surface area contributed by atoms with Gasteiger partial charge in [0.1, 0.15) is 5.69 Å². The highest BCUT2D eigenvalue weighted by atomic mass is 32.1. The highest BCUT2D eigenvalue weighted by molar-refractivity contribution is 7.14. The summed E-state index contributed by atoms with van der Waals surface area (Å²) in [6.45, 7) is 3.24.